The predicted octanol–water partition coefficient (Wildman–Crippen LogP) is 1.62. The summed E-state index contributed by atoms with van der Waals surface area (Å²) in [7, 11) is 4.46. The van der Waals surface area contributed by atoms with Crippen molar-refractivity contribution in [1.29, 1.82) is 0 Å². The van der Waals surface area contributed by atoms with Crippen LogP contribution < -0.4 is 26.4 Å². The maximum Gasteiger partial charge on any atom is 0.326 e. The van der Waals surface area contributed by atoms with Crippen molar-refractivity contribution in [3.8, 4) is 5.75 Å². The summed E-state index contributed by atoms with van der Waals surface area (Å²) in [6.45, 7) is 2.17. The highest BCUT2D eigenvalue weighted by atomic mass is 16.5. The second-order valence-corrected chi connectivity index (χ2v) is 8.85. The molecule has 6 N–H and O–H groups in total. The molecule has 0 fully saturated rings. The van der Waals surface area contributed by atoms with Gasteiger partial charge in [-0.3, -0.25) is 9.59 Å². The van der Waals surface area contributed by atoms with Crippen LogP contribution in [0.3, 0.4) is 0 Å². The molecule has 0 radical (unpaired) electrons. The van der Waals surface area contributed by atoms with Crippen LogP contribution in [0, 0.1) is 6.92 Å². The number of primary amides is 1. The topological polar surface area (TPSA) is 183 Å². The Bertz CT molecular complexity index is 1220. The van der Waals surface area contributed by atoms with Gasteiger partial charge in [0, 0.05) is 32.9 Å². The zero-order valence-corrected chi connectivity index (χ0v) is 22.3. The standard InChI is InChI=1S/C26H34N6O7/c1-16-7-5-6-8-18(16)28-25(37)29-19-10-9-17(13-21(19)39-4)14-23(34)31(2)11-12-32(3)26(38)30-20(24(35)36)15-22(27)33/h5-10,13,20H,11-12,14-15H2,1-4H3,(H2,27,33)(H,30,38)(H,35,36)(H2,28,29,37). The summed E-state index contributed by atoms with van der Waals surface area (Å²) in [5.41, 5.74) is 7.68. The van der Waals surface area contributed by atoms with Crippen LogP contribution in [-0.4, -0.2) is 85.1 Å². The summed E-state index contributed by atoms with van der Waals surface area (Å²) in [5, 5.41) is 16.9. The zero-order valence-electron chi connectivity index (χ0n) is 22.3. The molecule has 0 bridgehead atoms. The number of carboxylic acids is 1. The van der Waals surface area contributed by atoms with Gasteiger partial charge in [0.05, 0.1) is 25.6 Å². The summed E-state index contributed by atoms with van der Waals surface area (Å²) in [5.74, 6) is -2.10. The van der Waals surface area contributed by atoms with E-state index >= 15 is 0 Å². The van der Waals surface area contributed by atoms with E-state index in [0.717, 1.165) is 5.56 Å². The highest BCUT2D eigenvalue weighted by Crippen LogP contribution is 2.26. The lowest BCUT2D eigenvalue weighted by Crippen LogP contribution is -2.49. The van der Waals surface area contributed by atoms with Gasteiger partial charge in [-0.25, -0.2) is 14.4 Å². The van der Waals surface area contributed by atoms with Gasteiger partial charge >= 0.3 is 18.0 Å². The highest BCUT2D eigenvalue weighted by molar-refractivity contribution is 6.01. The lowest BCUT2D eigenvalue weighted by Gasteiger charge is -2.24. The Morgan fingerprint density at radius 2 is 1.62 bits per heavy atom. The van der Waals surface area contributed by atoms with E-state index in [9.17, 15) is 24.0 Å². The molecule has 0 saturated heterocycles. The van der Waals surface area contributed by atoms with Gasteiger partial charge in [-0.2, -0.15) is 0 Å². The van der Waals surface area contributed by atoms with E-state index in [1.807, 2.05) is 25.1 Å². The number of nitrogens with zero attached hydrogens (tertiary/aromatic N) is 2. The molecule has 0 heterocycles. The summed E-state index contributed by atoms with van der Waals surface area (Å²) < 4.78 is 5.39. The lowest BCUT2D eigenvalue weighted by atomic mass is 10.1. The van der Waals surface area contributed by atoms with Crippen LogP contribution in [0.2, 0.25) is 0 Å². The van der Waals surface area contributed by atoms with Crippen LogP contribution >= 0.6 is 0 Å². The number of nitrogens with two attached hydrogens (primary N) is 1. The third-order valence-electron chi connectivity index (χ3n) is 5.81. The minimum atomic E-state index is -1.45. The van der Waals surface area contributed by atoms with Crippen molar-refractivity contribution in [2.75, 3.05) is 44.9 Å². The maximum absolute atomic E-state index is 12.7. The molecule has 2 rings (SSSR count). The molecule has 39 heavy (non-hydrogen) atoms. The number of likely N-dealkylation sites (N-methyl/N-ethyl adjacent to an activating group) is 2. The first kappa shape index (κ1) is 30.4. The number of hydrogen-bond acceptors (Lipinski definition) is 6. The van der Waals surface area contributed by atoms with Gasteiger partial charge in [-0.15, -0.1) is 0 Å². The fourth-order valence-corrected chi connectivity index (χ4v) is 3.43. The number of methoxy groups -OCH3 is 1. The van der Waals surface area contributed by atoms with E-state index in [2.05, 4.69) is 16.0 Å². The fourth-order valence-electron chi connectivity index (χ4n) is 3.43. The summed E-state index contributed by atoms with van der Waals surface area (Å²) >= 11 is 0. The third-order valence-corrected chi connectivity index (χ3v) is 5.81. The quantitative estimate of drug-likeness (QED) is 0.270. The van der Waals surface area contributed by atoms with Crippen LogP contribution in [0.5, 0.6) is 5.75 Å². The monoisotopic (exact) mass is 542 g/mol. The van der Waals surface area contributed by atoms with Crippen LogP contribution in [0.15, 0.2) is 42.5 Å². The molecule has 13 nitrogen and oxygen atoms in total. The number of nitrogens with one attached hydrogen (secondary N) is 3. The Morgan fingerprint density at radius 1 is 0.974 bits per heavy atom. The smallest absolute Gasteiger partial charge is 0.326 e. The average Bonchev–Trinajstić information content (AvgIpc) is 2.88. The minimum Gasteiger partial charge on any atom is -0.495 e. The van der Waals surface area contributed by atoms with E-state index in [0.29, 0.717) is 22.7 Å². The van der Waals surface area contributed by atoms with Crippen molar-refractivity contribution < 1.29 is 33.8 Å². The molecule has 1 atom stereocenters. The van der Waals surface area contributed by atoms with Gasteiger partial charge in [-0.1, -0.05) is 24.3 Å². The number of aryl methyl sites for hydroxylation is 1. The van der Waals surface area contributed by atoms with Gasteiger partial charge in [0.1, 0.15) is 11.8 Å². The number of carbonyl (C=O) groups excluding carboxylic acids is 4. The van der Waals surface area contributed by atoms with Crippen molar-refractivity contribution in [1.82, 2.24) is 15.1 Å². The van der Waals surface area contributed by atoms with Crippen molar-refractivity contribution in [3.63, 3.8) is 0 Å². The van der Waals surface area contributed by atoms with E-state index in [4.69, 9.17) is 15.6 Å². The summed E-state index contributed by atoms with van der Waals surface area (Å²) in [6.07, 6.45) is -0.499. The summed E-state index contributed by atoms with van der Waals surface area (Å²) in [6, 6.07) is 9.75. The molecule has 2 aromatic rings. The van der Waals surface area contributed by atoms with Crippen molar-refractivity contribution in [3.05, 3.63) is 53.6 Å². The number of carbonyl (C=O) groups is 5. The van der Waals surface area contributed by atoms with E-state index in [-0.39, 0.29) is 25.4 Å². The Morgan fingerprint density at radius 3 is 2.23 bits per heavy atom. The molecule has 0 aromatic heterocycles. The fraction of sp³-hybridized carbons (Fsp3) is 0.346. The number of urea groups is 2. The maximum atomic E-state index is 12.7. The first-order valence-corrected chi connectivity index (χ1v) is 12.0. The molecule has 210 valence electrons. The van der Waals surface area contributed by atoms with Crippen molar-refractivity contribution >= 4 is 41.2 Å². The number of hydrogen-bond donors (Lipinski definition) is 5. The summed E-state index contributed by atoms with van der Waals surface area (Å²) in [4.78, 5) is 62.3. The number of rotatable bonds is 12. The number of aliphatic carboxylic acids is 1. The zero-order chi connectivity index (χ0) is 29.1. The van der Waals surface area contributed by atoms with E-state index in [1.165, 1.54) is 24.0 Å². The van der Waals surface area contributed by atoms with Crippen LogP contribution in [0.25, 0.3) is 0 Å². The SMILES string of the molecule is COc1cc(CC(=O)N(C)CCN(C)C(=O)NC(CC(N)=O)C(=O)O)ccc1NC(=O)Nc1ccccc1C. The number of para-hydroxylation sites is 1. The number of anilines is 2. The van der Waals surface area contributed by atoms with Crippen LogP contribution in [0.1, 0.15) is 17.5 Å². The number of carboxylic acid groups (broad SMARTS) is 1. The normalized spacial score (nSPS) is 11.1. The Hall–Kier alpha value is -4.81. The minimum absolute atomic E-state index is 0.0398. The molecule has 13 heteroatoms. The second kappa shape index (κ2) is 14.2. The molecule has 0 aliphatic rings. The number of ether oxygens (including phenoxy) is 1. The lowest BCUT2D eigenvalue weighted by molar-refractivity contribution is -0.140. The van der Waals surface area contributed by atoms with E-state index in [1.54, 1.807) is 31.3 Å². The molecule has 1 unspecified atom stereocenters. The molecule has 0 aliphatic carbocycles. The third kappa shape index (κ3) is 9.54. The Balaban J connectivity index is 1.91. The first-order valence-electron chi connectivity index (χ1n) is 12.0. The molecule has 6 amide bonds. The number of benzene rings is 2. The molecular weight excluding hydrogens is 508 g/mol. The second-order valence-electron chi connectivity index (χ2n) is 8.85. The van der Waals surface area contributed by atoms with Gasteiger partial charge in [0.2, 0.25) is 11.8 Å². The molecule has 0 spiro atoms. The molecular formula is C26H34N6O7. The van der Waals surface area contributed by atoms with Crippen LogP contribution in [-0.2, 0) is 20.8 Å². The van der Waals surface area contributed by atoms with Gasteiger partial charge in [0.15, 0.2) is 0 Å². The van der Waals surface area contributed by atoms with E-state index < -0.39 is 36.4 Å². The Labute approximate surface area is 226 Å². The van der Waals surface area contributed by atoms with Crippen molar-refractivity contribution in [2.24, 2.45) is 5.73 Å². The van der Waals surface area contributed by atoms with Gasteiger partial charge in [0.25, 0.3) is 0 Å². The van der Waals surface area contributed by atoms with Gasteiger partial charge < -0.3 is 41.3 Å². The van der Waals surface area contributed by atoms with Gasteiger partial charge in [-0.05, 0) is 36.2 Å². The molecule has 2 aromatic carbocycles. The highest BCUT2D eigenvalue weighted by Gasteiger charge is 2.24. The Kier molecular flexibility index (Phi) is 11.1. The van der Waals surface area contributed by atoms with Crippen LogP contribution in [0.4, 0.5) is 21.0 Å². The molecule has 0 aliphatic heterocycles. The number of amides is 6. The first-order chi connectivity index (χ1) is 18.4. The van der Waals surface area contributed by atoms with Crippen molar-refractivity contribution in [2.45, 2.75) is 25.8 Å². The largest absolute Gasteiger partial charge is 0.495 e. The molecule has 0 saturated carbocycles. The average molecular weight is 543 g/mol. The predicted molar refractivity (Wildman–Crippen MR) is 145 cm³/mol.